The maximum absolute atomic E-state index is 12.1. The predicted molar refractivity (Wildman–Crippen MR) is 75.0 cm³/mol. The highest BCUT2D eigenvalue weighted by Crippen LogP contribution is 2.25. The Kier molecular flexibility index (Phi) is 4.55. The predicted octanol–water partition coefficient (Wildman–Crippen LogP) is 2.57. The molecule has 1 aromatic rings. The molecule has 0 radical (unpaired) electrons. The van der Waals surface area contributed by atoms with E-state index < -0.39 is 0 Å². The number of hydrogen-bond donors (Lipinski definition) is 2. The first-order valence-electron chi connectivity index (χ1n) is 6.83. The zero-order valence-electron chi connectivity index (χ0n) is 11.2. The number of carbonyl (C=O) groups excluding carboxylic acids is 2. The lowest BCUT2D eigenvalue weighted by Crippen LogP contribution is -2.25. The third-order valence-corrected chi connectivity index (χ3v) is 3.60. The molecule has 0 atom stereocenters. The van der Waals surface area contributed by atoms with Gasteiger partial charge in [-0.2, -0.15) is 0 Å². The molecule has 1 fully saturated rings. The van der Waals surface area contributed by atoms with Crippen LogP contribution in [0, 0.1) is 5.92 Å². The molecule has 0 aromatic heterocycles. The first-order valence-corrected chi connectivity index (χ1v) is 6.83. The Balaban J connectivity index is 2.02. The number of amides is 2. The molecule has 2 N–H and O–H groups in total. The maximum Gasteiger partial charge on any atom is 0.251 e. The summed E-state index contributed by atoms with van der Waals surface area (Å²) in [7, 11) is 1.59. The minimum absolute atomic E-state index is 0.0776. The second-order valence-corrected chi connectivity index (χ2v) is 4.98. The zero-order chi connectivity index (χ0) is 13.7. The van der Waals surface area contributed by atoms with Crippen molar-refractivity contribution in [1.29, 1.82) is 0 Å². The van der Waals surface area contributed by atoms with Crippen molar-refractivity contribution >= 4 is 17.5 Å². The fourth-order valence-electron chi connectivity index (χ4n) is 2.49. The molecule has 0 spiro atoms. The molecule has 0 aliphatic heterocycles. The van der Waals surface area contributed by atoms with Crippen molar-refractivity contribution in [1.82, 2.24) is 5.32 Å². The number of carbonyl (C=O) groups is 2. The smallest absolute Gasteiger partial charge is 0.251 e. The Morgan fingerprint density at radius 1 is 1.16 bits per heavy atom. The van der Waals surface area contributed by atoms with Crippen LogP contribution in [-0.2, 0) is 4.79 Å². The van der Waals surface area contributed by atoms with Crippen LogP contribution in [0.5, 0.6) is 0 Å². The summed E-state index contributed by atoms with van der Waals surface area (Å²) in [6.45, 7) is 0. The number of anilines is 1. The summed E-state index contributed by atoms with van der Waals surface area (Å²) in [6, 6.07) is 7.03. The average Bonchev–Trinajstić information content (AvgIpc) is 2.47. The van der Waals surface area contributed by atoms with Crippen LogP contribution >= 0.6 is 0 Å². The van der Waals surface area contributed by atoms with Gasteiger partial charge >= 0.3 is 0 Å². The van der Waals surface area contributed by atoms with Crippen molar-refractivity contribution in [3.8, 4) is 0 Å². The molecule has 4 nitrogen and oxygen atoms in total. The van der Waals surface area contributed by atoms with Crippen LogP contribution in [0.3, 0.4) is 0 Å². The van der Waals surface area contributed by atoms with E-state index in [0.717, 1.165) is 25.7 Å². The fraction of sp³-hybridized carbons (Fsp3) is 0.467. The number of nitrogens with one attached hydrogen (secondary N) is 2. The van der Waals surface area contributed by atoms with Crippen molar-refractivity contribution in [3.05, 3.63) is 29.8 Å². The second-order valence-electron chi connectivity index (χ2n) is 4.98. The van der Waals surface area contributed by atoms with E-state index in [-0.39, 0.29) is 17.7 Å². The van der Waals surface area contributed by atoms with Gasteiger partial charge in [-0.3, -0.25) is 9.59 Å². The monoisotopic (exact) mass is 260 g/mol. The van der Waals surface area contributed by atoms with Gasteiger partial charge in [0.1, 0.15) is 0 Å². The van der Waals surface area contributed by atoms with Gasteiger partial charge < -0.3 is 10.6 Å². The van der Waals surface area contributed by atoms with Gasteiger partial charge in [0.05, 0.1) is 0 Å². The first-order chi connectivity index (χ1) is 9.20. The molecule has 2 amide bonds. The van der Waals surface area contributed by atoms with Gasteiger partial charge in [-0.05, 0) is 31.0 Å². The molecule has 2 rings (SSSR count). The zero-order valence-corrected chi connectivity index (χ0v) is 11.2. The Morgan fingerprint density at radius 3 is 2.58 bits per heavy atom. The first kappa shape index (κ1) is 13.6. The Labute approximate surface area is 113 Å². The van der Waals surface area contributed by atoms with E-state index in [4.69, 9.17) is 0 Å². The minimum Gasteiger partial charge on any atom is -0.355 e. The maximum atomic E-state index is 12.1. The molecular weight excluding hydrogens is 240 g/mol. The van der Waals surface area contributed by atoms with Crippen LogP contribution in [0.4, 0.5) is 5.69 Å². The lowest BCUT2D eigenvalue weighted by molar-refractivity contribution is -0.120. The molecular formula is C15H20N2O2. The van der Waals surface area contributed by atoms with Crippen LogP contribution in [-0.4, -0.2) is 18.9 Å². The van der Waals surface area contributed by atoms with E-state index in [1.165, 1.54) is 6.42 Å². The summed E-state index contributed by atoms with van der Waals surface area (Å²) < 4.78 is 0. The van der Waals surface area contributed by atoms with Crippen LogP contribution in [0.2, 0.25) is 0 Å². The second kappa shape index (κ2) is 6.36. The van der Waals surface area contributed by atoms with Crippen LogP contribution < -0.4 is 10.6 Å². The standard InChI is InChI=1S/C15H20N2O2/c1-16-14(18)12-8-5-9-13(10-12)17-15(19)11-6-3-2-4-7-11/h5,8-11H,2-4,6-7H2,1H3,(H,16,18)(H,17,19). The molecule has 0 unspecified atom stereocenters. The van der Waals surface area contributed by atoms with E-state index in [1.807, 2.05) is 6.07 Å². The van der Waals surface area contributed by atoms with Crippen LogP contribution in [0.15, 0.2) is 24.3 Å². The number of benzene rings is 1. The molecule has 1 aromatic carbocycles. The minimum atomic E-state index is -0.145. The van der Waals surface area contributed by atoms with E-state index >= 15 is 0 Å². The third kappa shape index (κ3) is 3.56. The fourth-order valence-corrected chi connectivity index (χ4v) is 2.49. The van der Waals surface area contributed by atoms with Gasteiger partial charge in [0.15, 0.2) is 0 Å². The molecule has 0 bridgehead atoms. The van der Waals surface area contributed by atoms with Crippen LogP contribution in [0.1, 0.15) is 42.5 Å². The van der Waals surface area contributed by atoms with Crippen molar-refractivity contribution in [2.75, 3.05) is 12.4 Å². The lowest BCUT2D eigenvalue weighted by Gasteiger charge is -2.20. The summed E-state index contributed by atoms with van der Waals surface area (Å²) in [6.07, 6.45) is 5.45. The molecule has 1 aliphatic rings. The molecule has 102 valence electrons. The summed E-state index contributed by atoms with van der Waals surface area (Å²) in [4.78, 5) is 23.6. The Bertz CT molecular complexity index is 465. The molecule has 1 saturated carbocycles. The Morgan fingerprint density at radius 2 is 1.89 bits per heavy atom. The average molecular weight is 260 g/mol. The largest absolute Gasteiger partial charge is 0.355 e. The van der Waals surface area contributed by atoms with Gasteiger partial charge in [0, 0.05) is 24.2 Å². The number of rotatable bonds is 3. The van der Waals surface area contributed by atoms with Gasteiger partial charge in [-0.1, -0.05) is 25.3 Å². The van der Waals surface area contributed by atoms with Crippen molar-refractivity contribution < 1.29 is 9.59 Å². The quantitative estimate of drug-likeness (QED) is 0.877. The van der Waals surface area contributed by atoms with E-state index in [2.05, 4.69) is 10.6 Å². The van der Waals surface area contributed by atoms with Gasteiger partial charge in [-0.25, -0.2) is 0 Å². The highest BCUT2D eigenvalue weighted by atomic mass is 16.2. The highest BCUT2D eigenvalue weighted by molar-refractivity contribution is 5.97. The lowest BCUT2D eigenvalue weighted by atomic mass is 9.88. The number of hydrogen-bond acceptors (Lipinski definition) is 2. The van der Waals surface area contributed by atoms with Crippen molar-refractivity contribution in [2.24, 2.45) is 5.92 Å². The van der Waals surface area contributed by atoms with Crippen molar-refractivity contribution in [2.45, 2.75) is 32.1 Å². The SMILES string of the molecule is CNC(=O)c1cccc(NC(=O)C2CCCCC2)c1. The molecule has 4 heteroatoms. The summed E-state index contributed by atoms with van der Waals surface area (Å²) in [5.41, 5.74) is 1.25. The van der Waals surface area contributed by atoms with Crippen LogP contribution in [0.25, 0.3) is 0 Å². The van der Waals surface area contributed by atoms with Gasteiger partial charge in [0.2, 0.25) is 5.91 Å². The normalized spacial score (nSPS) is 15.8. The molecule has 0 heterocycles. The van der Waals surface area contributed by atoms with E-state index in [1.54, 1.807) is 25.2 Å². The topological polar surface area (TPSA) is 58.2 Å². The Hall–Kier alpha value is -1.84. The van der Waals surface area contributed by atoms with Gasteiger partial charge in [0.25, 0.3) is 5.91 Å². The molecule has 19 heavy (non-hydrogen) atoms. The molecule has 0 saturated heterocycles. The summed E-state index contributed by atoms with van der Waals surface area (Å²) >= 11 is 0. The van der Waals surface area contributed by atoms with E-state index in [0.29, 0.717) is 11.3 Å². The van der Waals surface area contributed by atoms with E-state index in [9.17, 15) is 9.59 Å². The summed E-state index contributed by atoms with van der Waals surface area (Å²) in [5.74, 6) is 0.0555. The van der Waals surface area contributed by atoms with Gasteiger partial charge in [-0.15, -0.1) is 0 Å². The highest BCUT2D eigenvalue weighted by Gasteiger charge is 2.21. The molecule has 1 aliphatic carbocycles. The van der Waals surface area contributed by atoms with Crippen molar-refractivity contribution in [3.63, 3.8) is 0 Å². The summed E-state index contributed by atoms with van der Waals surface area (Å²) in [5, 5.41) is 5.49. The third-order valence-electron chi connectivity index (χ3n) is 3.60.